The molecule has 0 aromatic heterocycles. The quantitative estimate of drug-likeness (QED) is 0.804. The standard InChI is InChI=1S/C13H18Br2N2O2/c1-7(2)4-10(16)13(18)17-11-6-12(19-3)9(15)5-8(11)14/h5-7,10H,4,16H2,1-3H3,(H,17,18)/t10-/m1/s1. The van der Waals surface area contributed by atoms with E-state index in [9.17, 15) is 4.79 Å². The van der Waals surface area contributed by atoms with Gasteiger partial charge in [-0.1, -0.05) is 13.8 Å². The van der Waals surface area contributed by atoms with Gasteiger partial charge in [0.1, 0.15) is 5.75 Å². The van der Waals surface area contributed by atoms with Crippen molar-refractivity contribution in [3.63, 3.8) is 0 Å². The Kier molecular flexibility index (Phi) is 6.29. The Balaban J connectivity index is 2.84. The average molecular weight is 394 g/mol. The summed E-state index contributed by atoms with van der Waals surface area (Å²) in [6.45, 7) is 4.07. The van der Waals surface area contributed by atoms with Crippen molar-refractivity contribution in [2.45, 2.75) is 26.3 Å². The van der Waals surface area contributed by atoms with Crippen molar-refractivity contribution in [1.29, 1.82) is 0 Å². The van der Waals surface area contributed by atoms with Gasteiger partial charge in [0.15, 0.2) is 0 Å². The van der Waals surface area contributed by atoms with Gasteiger partial charge in [0.2, 0.25) is 5.91 Å². The molecule has 1 aromatic rings. The van der Waals surface area contributed by atoms with Crippen LogP contribution in [-0.4, -0.2) is 19.1 Å². The first-order chi connectivity index (χ1) is 8.85. The Morgan fingerprint density at radius 2 is 2.00 bits per heavy atom. The van der Waals surface area contributed by atoms with Crippen molar-refractivity contribution >= 4 is 43.5 Å². The molecular weight excluding hydrogens is 376 g/mol. The summed E-state index contributed by atoms with van der Waals surface area (Å²) in [7, 11) is 1.57. The van der Waals surface area contributed by atoms with E-state index in [1.54, 1.807) is 13.2 Å². The first kappa shape index (κ1) is 16.5. The molecule has 1 atom stereocenters. The lowest BCUT2D eigenvalue weighted by molar-refractivity contribution is -0.117. The maximum Gasteiger partial charge on any atom is 0.241 e. The molecule has 1 rings (SSSR count). The molecule has 106 valence electrons. The minimum Gasteiger partial charge on any atom is -0.495 e. The first-order valence-electron chi connectivity index (χ1n) is 5.94. The third-order valence-electron chi connectivity index (χ3n) is 2.56. The van der Waals surface area contributed by atoms with Crippen LogP contribution in [0.5, 0.6) is 5.75 Å². The molecule has 0 saturated carbocycles. The van der Waals surface area contributed by atoms with E-state index in [2.05, 4.69) is 37.2 Å². The molecule has 6 heteroatoms. The number of halogens is 2. The number of amides is 1. The lowest BCUT2D eigenvalue weighted by atomic mass is 10.0. The summed E-state index contributed by atoms with van der Waals surface area (Å²) in [5.41, 5.74) is 6.49. The summed E-state index contributed by atoms with van der Waals surface area (Å²) in [5, 5.41) is 2.81. The Labute approximate surface area is 130 Å². The summed E-state index contributed by atoms with van der Waals surface area (Å²) in [6, 6.07) is 3.05. The monoisotopic (exact) mass is 392 g/mol. The van der Waals surface area contributed by atoms with Crippen molar-refractivity contribution < 1.29 is 9.53 Å². The first-order valence-corrected chi connectivity index (χ1v) is 7.53. The third-order valence-corrected chi connectivity index (χ3v) is 3.84. The van der Waals surface area contributed by atoms with Gasteiger partial charge in [-0.2, -0.15) is 0 Å². The summed E-state index contributed by atoms with van der Waals surface area (Å²) >= 11 is 6.77. The van der Waals surface area contributed by atoms with Gasteiger partial charge in [0, 0.05) is 10.5 Å². The number of methoxy groups -OCH3 is 1. The van der Waals surface area contributed by atoms with Crippen LogP contribution >= 0.6 is 31.9 Å². The van der Waals surface area contributed by atoms with E-state index in [-0.39, 0.29) is 5.91 Å². The highest BCUT2D eigenvalue weighted by Crippen LogP contribution is 2.34. The summed E-state index contributed by atoms with van der Waals surface area (Å²) < 4.78 is 6.78. The molecule has 4 nitrogen and oxygen atoms in total. The van der Waals surface area contributed by atoms with Crippen molar-refractivity contribution in [3.8, 4) is 5.75 Å². The average Bonchev–Trinajstić information content (AvgIpc) is 2.31. The number of anilines is 1. The number of nitrogens with two attached hydrogens (primary N) is 1. The number of carbonyl (C=O) groups excluding carboxylic acids is 1. The molecule has 1 aromatic carbocycles. The summed E-state index contributed by atoms with van der Waals surface area (Å²) in [6.07, 6.45) is 0.650. The van der Waals surface area contributed by atoms with Crippen molar-refractivity contribution in [2.24, 2.45) is 11.7 Å². The van der Waals surface area contributed by atoms with Crippen LogP contribution in [0.25, 0.3) is 0 Å². The number of nitrogens with one attached hydrogen (secondary N) is 1. The van der Waals surface area contributed by atoms with Crippen LogP contribution in [0.3, 0.4) is 0 Å². The third kappa shape index (κ3) is 4.78. The van der Waals surface area contributed by atoms with Crippen LogP contribution in [0, 0.1) is 5.92 Å². The van der Waals surface area contributed by atoms with Crippen LogP contribution in [0.1, 0.15) is 20.3 Å². The van der Waals surface area contributed by atoms with Crippen molar-refractivity contribution in [2.75, 3.05) is 12.4 Å². The number of ether oxygens (including phenoxy) is 1. The SMILES string of the molecule is COc1cc(NC(=O)[C@H](N)CC(C)C)c(Br)cc1Br. The molecule has 19 heavy (non-hydrogen) atoms. The smallest absolute Gasteiger partial charge is 0.241 e. The van der Waals surface area contributed by atoms with E-state index < -0.39 is 6.04 Å². The zero-order valence-corrected chi connectivity index (χ0v) is 14.3. The van der Waals surface area contributed by atoms with Gasteiger partial charge in [0.05, 0.1) is 23.3 Å². The van der Waals surface area contributed by atoms with Crippen LogP contribution in [0.15, 0.2) is 21.1 Å². The molecule has 0 spiro atoms. The number of hydrogen-bond donors (Lipinski definition) is 2. The summed E-state index contributed by atoms with van der Waals surface area (Å²) in [5.74, 6) is 0.832. The summed E-state index contributed by atoms with van der Waals surface area (Å²) in [4.78, 5) is 12.0. The predicted molar refractivity (Wildman–Crippen MR) is 84.5 cm³/mol. The zero-order valence-electron chi connectivity index (χ0n) is 11.2. The fraction of sp³-hybridized carbons (Fsp3) is 0.462. The molecule has 0 radical (unpaired) electrons. The van der Waals surface area contributed by atoms with E-state index in [1.165, 1.54) is 0 Å². The topological polar surface area (TPSA) is 64.3 Å². The lowest BCUT2D eigenvalue weighted by Gasteiger charge is -2.16. The highest BCUT2D eigenvalue weighted by Gasteiger charge is 2.17. The number of benzene rings is 1. The second kappa shape index (κ2) is 7.26. The second-order valence-electron chi connectivity index (χ2n) is 4.69. The molecule has 0 unspecified atom stereocenters. The van der Waals surface area contributed by atoms with Crippen LogP contribution in [0.4, 0.5) is 5.69 Å². The fourth-order valence-electron chi connectivity index (χ4n) is 1.62. The number of carbonyl (C=O) groups is 1. The van der Waals surface area contributed by atoms with E-state index in [0.29, 0.717) is 23.8 Å². The molecule has 0 aliphatic carbocycles. The maximum absolute atomic E-state index is 12.0. The van der Waals surface area contributed by atoms with Crippen LogP contribution in [0.2, 0.25) is 0 Å². The molecule has 0 aliphatic rings. The van der Waals surface area contributed by atoms with Gasteiger partial charge in [-0.3, -0.25) is 4.79 Å². The molecule has 0 fully saturated rings. The van der Waals surface area contributed by atoms with Gasteiger partial charge in [0.25, 0.3) is 0 Å². The van der Waals surface area contributed by atoms with Gasteiger partial charge in [-0.05, 0) is 50.3 Å². The molecule has 0 heterocycles. The highest BCUT2D eigenvalue weighted by molar-refractivity contribution is 9.11. The molecular formula is C13H18Br2N2O2. The largest absolute Gasteiger partial charge is 0.495 e. The van der Waals surface area contributed by atoms with Crippen LogP contribution in [-0.2, 0) is 4.79 Å². The van der Waals surface area contributed by atoms with Gasteiger partial charge >= 0.3 is 0 Å². The van der Waals surface area contributed by atoms with Crippen molar-refractivity contribution in [3.05, 3.63) is 21.1 Å². The van der Waals surface area contributed by atoms with Gasteiger partial charge in [-0.15, -0.1) is 0 Å². The molecule has 1 amide bonds. The molecule has 0 saturated heterocycles. The zero-order chi connectivity index (χ0) is 14.6. The van der Waals surface area contributed by atoms with Gasteiger partial charge in [-0.25, -0.2) is 0 Å². The number of hydrogen-bond acceptors (Lipinski definition) is 3. The predicted octanol–water partition coefficient (Wildman–Crippen LogP) is 3.53. The minimum absolute atomic E-state index is 0.196. The molecule has 3 N–H and O–H groups in total. The minimum atomic E-state index is -0.512. The van der Waals surface area contributed by atoms with Crippen LogP contribution < -0.4 is 15.8 Å². The Bertz CT molecular complexity index is 464. The Morgan fingerprint density at radius 1 is 1.37 bits per heavy atom. The maximum atomic E-state index is 12.0. The van der Waals surface area contributed by atoms with E-state index in [1.807, 2.05) is 19.9 Å². The Morgan fingerprint density at radius 3 is 2.53 bits per heavy atom. The second-order valence-corrected chi connectivity index (χ2v) is 6.40. The highest BCUT2D eigenvalue weighted by atomic mass is 79.9. The normalized spacial score (nSPS) is 12.4. The molecule has 0 bridgehead atoms. The lowest BCUT2D eigenvalue weighted by Crippen LogP contribution is -2.36. The van der Waals surface area contributed by atoms with E-state index in [4.69, 9.17) is 10.5 Å². The number of rotatable bonds is 5. The van der Waals surface area contributed by atoms with E-state index in [0.717, 1.165) is 8.95 Å². The van der Waals surface area contributed by atoms with Crippen molar-refractivity contribution in [1.82, 2.24) is 0 Å². The van der Waals surface area contributed by atoms with E-state index >= 15 is 0 Å². The fourth-order valence-corrected chi connectivity index (χ4v) is 2.88. The molecule has 0 aliphatic heterocycles. The Hall–Kier alpha value is -0.590. The van der Waals surface area contributed by atoms with Gasteiger partial charge < -0.3 is 15.8 Å².